The van der Waals surface area contributed by atoms with Crippen molar-refractivity contribution in [2.45, 2.75) is 52.9 Å². The lowest BCUT2D eigenvalue weighted by atomic mass is 10.1. The highest BCUT2D eigenvalue weighted by atomic mass is 35.5. The SMILES string of the molecule is CC(C)[C@H](NC(=O)OC(C)(C)C)C(=O)OCOC(=O)c1sc2cccc(Cl)c2c1COc1c(F)cc(C(N)=O)cc1F. The maximum atomic E-state index is 14.5. The predicted octanol–water partition coefficient (Wildman–Crippen LogP) is 5.72. The number of halogens is 3. The third-order valence-corrected chi connectivity index (χ3v) is 7.07. The summed E-state index contributed by atoms with van der Waals surface area (Å²) in [6, 6.07) is 5.25. The second-order valence-electron chi connectivity index (χ2n) is 10.3. The maximum absolute atomic E-state index is 14.5. The molecule has 1 aromatic heterocycles. The predicted molar refractivity (Wildman–Crippen MR) is 150 cm³/mol. The van der Waals surface area contributed by atoms with Crippen LogP contribution in [-0.2, 0) is 25.6 Å². The van der Waals surface area contributed by atoms with Gasteiger partial charge in [-0.25, -0.2) is 23.2 Å². The van der Waals surface area contributed by atoms with Crippen LogP contribution in [0.4, 0.5) is 13.6 Å². The Labute approximate surface area is 249 Å². The van der Waals surface area contributed by atoms with Gasteiger partial charge in [-0.05, 0) is 51.0 Å². The van der Waals surface area contributed by atoms with E-state index in [0.717, 1.165) is 23.5 Å². The van der Waals surface area contributed by atoms with Crippen molar-refractivity contribution in [2.75, 3.05) is 6.79 Å². The minimum Gasteiger partial charge on any atom is -0.483 e. The van der Waals surface area contributed by atoms with Gasteiger partial charge in [-0.2, -0.15) is 0 Å². The molecule has 0 fully saturated rings. The number of rotatable bonds is 10. The fraction of sp³-hybridized carbons (Fsp3) is 0.357. The first-order chi connectivity index (χ1) is 19.6. The van der Waals surface area contributed by atoms with Crippen LogP contribution in [0.1, 0.15) is 60.2 Å². The van der Waals surface area contributed by atoms with Crippen LogP contribution in [-0.4, -0.2) is 42.4 Å². The zero-order valence-corrected chi connectivity index (χ0v) is 24.9. The number of amides is 2. The Morgan fingerprint density at radius 3 is 2.29 bits per heavy atom. The summed E-state index contributed by atoms with van der Waals surface area (Å²) < 4.78 is 50.3. The highest BCUT2D eigenvalue weighted by Gasteiger charge is 2.29. The van der Waals surface area contributed by atoms with Crippen molar-refractivity contribution in [3.63, 3.8) is 0 Å². The molecule has 0 aliphatic carbocycles. The summed E-state index contributed by atoms with van der Waals surface area (Å²) in [6.45, 7) is 7.06. The smallest absolute Gasteiger partial charge is 0.408 e. The van der Waals surface area contributed by atoms with E-state index < -0.39 is 66.4 Å². The molecular formula is C28H29ClF2N2O8S. The summed E-state index contributed by atoms with van der Waals surface area (Å²) >= 11 is 7.34. The van der Waals surface area contributed by atoms with Crippen LogP contribution >= 0.6 is 22.9 Å². The number of esters is 2. The molecule has 3 rings (SSSR count). The first-order valence-electron chi connectivity index (χ1n) is 12.5. The van der Waals surface area contributed by atoms with E-state index in [4.69, 9.17) is 36.3 Å². The van der Waals surface area contributed by atoms with Gasteiger partial charge in [0, 0.05) is 26.2 Å². The van der Waals surface area contributed by atoms with Gasteiger partial charge < -0.3 is 30.0 Å². The van der Waals surface area contributed by atoms with Crippen molar-refractivity contribution in [3.8, 4) is 5.75 Å². The molecule has 10 nitrogen and oxygen atoms in total. The quantitative estimate of drug-likeness (QED) is 0.215. The fourth-order valence-corrected chi connectivity index (χ4v) is 5.16. The van der Waals surface area contributed by atoms with Gasteiger partial charge in [-0.3, -0.25) is 4.79 Å². The van der Waals surface area contributed by atoms with E-state index in [1.165, 1.54) is 0 Å². The van der Waals surface area contributed by atoms with Crippen LogP contribution in [0.15, 0.2) is 30.3 Å². The van der Waals surface area contributed by atoms with E-state index in [2.05, 4.69) is 5.32 Å². The molecule has 14 heteroatoms. The Morgan fingerprint density at radius 2 is 1.71 bits per heavy atom. The Hall–Kier alpha value is -3.97. The van der Waals surface area contributed by atoms with Gasteiger partial charge in [0.25, 0.3) is 0 Å². The lowest BCUT2D eigenvalue weighted by Crippen LogP contribution is -2.47. The lowest BCUT2D eigenvalue weighted by Gasteiger charge is -2.24. The molecule has 0 radical (unpaired) electrons. The zero-order valence-electron chi connectivity index (χ0n) is 23.3. The number of benzene rings is 2. The minimum atomic E-state index is -1.18. The second-order valence-corrected chi connectivity index (χ2v) is 11.8. The van der Waals surface area contributed by atoms with E-state index in [0.29, 0.717) is 10.1 Å². The van der Waals surface area contributed by atoms with Gasteiger partial charge in [0.05, 0.1) is 0 Å². The molecule has 1 atom stereocenters. The number of hydrogen-bond donors (Lipinski definition) is 2. The van der Waals surface area contributed by atoms with Crippen molar-refractivity contribution in [2.24, 2.45) is 11.7 Å². The number of alkyl carbamates (subject to hydrolysis) is 1. The zero-order chi connectivity index (χ0) is 31.4. The molecule has 0 aliphatic rings. The molecule has 0 saturated heterocycles. The van der Waals surface area contributed by atoms with E-state index in [-0.39, 0.29) is 26.9 Å². The number of carbonyl (C=O) groups excluding carboxylic acids is 4. The number of nitrogens with one attached hydrogen (secondary N) is 1. The molecular weight excluding hydrogens is 598 g/mol. The molecule has 0 bridgehead atoms. The lowest BCUT2D eigenvalue weighted by molar-refractivity contribution is -0.155. The molecule has 0 spiro atoms. The maximum Gasteiger partial charge on any atom is 0.408 e. The topological polar surface area (TPSA) is 143 Å². The van der Waals surface area contributed by atoms with Gasteiger partial charge in [-0.1, -0.05) is 31.5 Å². The number of nitrogens with two attached hydrogens (primary N) is 1. The first kappa shape index (κ1) is 32.5. The molecule has 2 amide bonds. The largest absolute Gasteiger partial charge is 0.483 e. The average molecular weight is 627 g/mol. The van der Waals surface area contributed by atoms with E-state index in [9.17, 15) is 28.0 Å². The third-order valence-electron chi connectivity index (χ3n) is 5.58. The minimum absolute atomic E-state index is 0.0176. The van der Waals surface area contributed by atoms with Crippen LogP contribution < -0.4 is 15.8 Å². The van der Waals surface area contributed by atoms with Gasteiger partial charge in [0.15, 0.2) is 17.4 Å². The van der Waals surface area contributed by atoms with Gasteiger partial charge in [0.2, 0.25) is 12.7 Å². The molecule has 2 aromatic carbocycles. The van der Waals surface area contributed by atoms with Crippen molar-refractivity contribution < 1.29 is 46.9 Å². The van der Waals surface area contributed by atoms with Crippen LogP contribution in [0.2, 0.25) is 5.02 Å². The van der Waals surface area contributed by atoms with E-state index >= 15 is 0 Å². The number of thiophene rings is 1. The normalized spacial score (nSPS) is 12.1. The highest BCUT2D eigenvalue weighted by molar-refractivity contribution is 7.21. The van der Waals surface area contributed by atoms with Crippen molar-refractivity contribution in [1.29, 1.82) is 0 Å². The molecule has 0 unspecified atom stereocenters. The summed E-state index contributed by atoms with van der Waals surface area (Å²) in [7, 11) is 0. The van der Waals surface area contributed by atoms with E-state index in [1.54, 1.807) is 52.8 Å². The van der Waals surface area contributed by atoms with Crippen LogP contribution in [0, 0.1) is 17.6 Å². The Kier molecular flexibility index (Phi) is 10.3. The van der Waals surface area contributed by atoms with Gasteiger partial charge in [0.1, 0.15) is 23.1 Å². The first-order valence-corrected chi connectivity index (χ1v) is 13.7. The van der Waals surface area contributed by atoms with Crippen molar-refractivity contribution >= 4 is 57.0 Å². The van der Waals surface area contributed by atoms with Crippen LogP contribution in [0.5, 0.6) is 5.75 Å². The summed E-state index contributed by atoms with van der Waals surface area (Å²) in [6.07, 6.45) is -0.820. The van der Waals surface area contributed by atoms with Gasteiger partial charge in [-0.15, -0.1) is 11.3 Å². The summed E-state index contributed by atoms with van der Waals surface area (Å²) in [5.74, 6) is -6.35. The molecule has 3 N–H and O–H groups in total. The number of hydrogen-bond acceptors (Lipinski definition) is 9. The Morgan fingerprint density at radius 1 is 1.07 bits per heavy atom. The third kappa shape index (κ3) is 8.07. The van der Waals surface area contributed by atoms with Crippen molar-refractivity contribution in [3.05, 3.63) is 63.0 Å². The average Bonchev–Trinajstić information content (AvgIpc) is 3.25. The molecule has 0 saturated carbocycles. The molecule has 3 aromatic rings. The monoisotopic (exact) mass is 626 g/mol. The number of ether oxygens (including phenoxy) is 4. The Bertz CT molecular complexity index is 1500. The van der Waals surface area contributed by atoms with E-state index in [1.807, 2.05) is 0 Å². The highest BCUT2D eigenvalue weighted by Crippen LogP contribution is 2.37. The molecule has 0 aliphatic heterocycles. The summed E-state index contributed by atoms with van der Waals surface area (Å²) in [5, 5.41) is 3.07. The number of primary amides is 1. The van der Waals surface area contributed by atoms with Crippen molar-refractivity contribution in [1.82, 2.24) is 5.32 Å². The summed E-state index contributed by atoms with van der Waals surface area (Å²) in [4.78, 5) is 49.1. The Balaban J connectivity index is 1.76. The second kappa shape index (κ2) is 13.3. The standard InChI is InChI=1S/C28H29ClF2N2O8S/c1-13(2)21(33-27(37)41-28(3,4)5)25(35)39-12-40-26(36)23-15(20-16(29)7-6-8-19(20)42-23)11-38-22-17(30)9-14(24(32)34)10-18(22)31/h6-10,13,21H,11-12H2,1-5H3,(H2,32,34)(H,33,37)/t21-/m0/s1. The number of fused-ring (bicyclic) bond motifs is 1. The van der Waals surface area contributed by atoms with Crippen LogP contribution in [0.25, 0.3) is 10.1 Å². The fourth-order valence-electron chi connectivity index (χ4n) is 3.68. The number of carbonyl (C=O) groups is 4. The van der Waals surface area contributed by atoms with Gasteiger partial charge >= 0.3 is 18.0 Å². The molecule has 42 heavy (non-hydrogen) atoms. The molecule has 226 valence electrons. The summed E-state index contributed by atoms with van der Waals surface area (Å²) in [5.41, 5.74) is 4.08. The molecule has 1 heterocycles. The van der Waals surface area contributed by atoms with Crippen LogP contribution in [0.3, 0.4) is 0 Å².